The first kappa shape index (κ1) is 15.3. The summed E-state index contributed by atoms with van der Waals surface area (Å²) in [5, 5.41) is 3.38. The van der Waals surface area contributed by atoms with E-state index in [4.69, 9.17) is 4.42 Å². The molecule has 0 fully saturated rings. The highest BCUT2D eigenvalue weighted by atomic mass is 127. The Balaban J connectivity index is 2.42. The average molecular weight is 385 g/mol. The van der Waals surface area contributed by atoms with Crippen LogP contribution in [-0.2, 0) is 6.42 Å². The van der Waals surface area contributed by atoms with Gasteiger partial charge in [-0.3, -0.25) is 0 Å². The highest BCUT2D eigenvalue weighted by Gasteiger charge is 2.15. The van der Waals surface area contributed by atoms with Crippen LogP contribution < -0.4 is 5.32 Å². The number of hydrogen-bond acceptors (Lipinski definition) is 4. The monoisotopic (exact) mass is 385 g/mol. The molecule has 0 aliphatic rings. The van der Waals surface area contributed by atoms with Gasteiger partial charge in [0, 0.05) is 6.54 Å². The highest BCUT2D eigenvalue weighted by molar-refractivity contribution is 14.1. The Bertz CT molecular complexity index is 552. The lowest BCUT2D eigenvalue weighted by atomic mass is 10.1. The summed E-state index contributed by atoms with van der Waals surface area (Å²) in [6.07, 6.45) is 3.66. The first-order valence-electron chi connectivity index (χ1n) is 6.96. The molecule has 2 aromatic heterocycles. The molecule has 0 saturated carbocycles. The Kier molecular flexibility index (Phi) is 5.39. The molecular formula is C15H20IN3O. The summed E-state index contributed by atoms with van der Waals surface area (Å²) in [5.74, 6) is 2.84. The summed E-state index contributed by atoms with van der Waals surface area (Å²) < 4.78 is 6.53. The van der Waals surface area contributed by atoms with Crippen LogP contribution in [-0.4, -0.2) is 16.5 Å². The third kappa shape index (κ3) is 3.71. The fourth-order valence-corrected chi connectivity index (χ4v) is 2.54. The molecule has 108 valence electrons. The average Bonchev–Trinajstić information content (AvgIpc) is 2.93. The molecule has 0 bridgehead atoms. The lowest BCUT2D eigenvalue weighted by Crippen LogP contribution is -2.10. The molecule has 0 aliphatic carbocycles. The van der Waals surface area contributed by atoms with E-state index in [1.165, 1.54) is 0 Å². The van der Waals surface area contributed by atoms with E-state index in [0.717, 1.165) is 34.5 Å². The SMILES string of the molecule is CCCNc1nc(-c2ccco2)nc(CC(C)C)c1I. The summed E-state index contributed by atoms with van der Waals surface area (Å²) in [4.78, 5) is 9.27. The van der Waals surface area contributed by atoms with E-state index in [1.54, 1.807) is 6.26 Å². The quantitative estimate of drug-likeness (QED) is 0.751. The van der Waals surface area contributed by atoms with Gasteiger partial charge >= 0.3 is 0 Å². The van der Waals surface area contributed by atoms with Gasteiger partial charge in [-0.15, -0.1) is 0 Å². The van der Waals surface area contributed by atoms with Gasteiger partial charge in [-0.2, -0.15) is 0 Å². The van der Waals surface area contributed by atoms with E-state index < -0.39 is 0 Å². The zero-order valence-corrected chi connectivity index (χ0v) is 14.3. The van der Waals surface area contributed by atoms with Crippen molar-refractivity contribution in [3.63, 3.8) is 0 Å². The standard InChI is InChI=1S/C15H20IN3O/c1-4-7-17-15-13(16)11(9-10(2)3)18-14(19-15)12-6-5-8-20-12/h5-6,8,10H,4,7,9H2,1-3H3,(H,17,18,19). The van der Waals surface area contributed by atoms with E-state index in [1.807, 2.05) is 12.1 Å². The maximum Gasteiger partial charge on any atom is 0.197 e. The van der Waals surface area contributed by atoms with Crippen molar-refractivity contribution in [3.05, 3.63) is 27.7 Å². The molecular weight excluding hydrogens is 365 g/mol. The molecule has 0 aromatic carbocycles. The predicted molar refractivity (Wildman–Crippen MR) is 89.8 cm³/mol. The smallest absolute Gasteiger partial charge is 0.197 e. The molecule has 0 radical (unpaired) electrons. The van der Waals surface area contributed by atoms with Crippen molar-refractivity contribution >= 4 is 28.4 Å². The Labute approximate surface area is 133 Å². The van der Waals surface area contributed by atoms with Gasteiger partial charge in [0.2, 0.25) is 0 Å². The van der Waals surface area contributed by atoms with Crippen LogP contribution in [0.25, 0.3) is 11.6 Å². The molecule has 0 amide bonds. The summed E-state index contributed by atoms with van der Waals surface area (Å²) in [5.41, 5.74) is 1.08. The largest absolute Gasteiger partial charge is 0.461 e. The molecule has 2 aromatic rings. The van der Waals surface area contributed by atoms with Crippen LogP contribution in [0, 0.1) is 9.49 Å². The summed E-state index contributed by atoms with van der Waals surface area (Å²) in [6, 6.07) is 3.75. The van der Waals surface area contributed by atoms with E-state index in [0.29, 0.717) is 17.5 Å². The Hall–Kier alpha value is -1.11. The lowest BCUT2D eigenvalue weighted by molar-refractivity contribution is 0.574. The predicted octanol–water partition coefficient (Wildman–Crippen LogP) is 4.36. The summed E-state index contributed by atoms with van der Waals surface area (Å²) >= 11 is 2.33. The first-order chi connectivity index (χ1) is 9.61. The molecule has 4 nitrogen and oxygen atoms in total. The van der Waals surface area contributed by atoms with Gasteiger partial charge in [0.25, 0.3) is 0 Å². The van der Waals surface area contributed by atoms with Crippen LogP contribution in [0.15, 0.2) is 22.8 Å². The third-order valence-electron chi connectivity index (χ3n) is 2.81. The van der Waals surface area contributed by atoms with Gasteiger partial charge in [-0.1, -0.05) is 20.8 Å². The van der Waals surface area contributed by atoms with Crippen LogP contribution in [0.1, 0.15) is 32.9 Å². The fourth-order valence-electron chi connectivity index (χ4n) is 1.89. The van der Waals surface area contributed by atoms with Gasteiger partial charge in [0.15, 0.2) is 11.6 Å². The number of furan rings is 1. The molecule has 2 rings (SSSR count). The number of rotatable bonds is 6. The number of hydrogen-bond donors (Lipinski definition) is 1. The van der Waals surface area contributed by atoms with Crippen molar-refractivity contribution in [1.82, 2.24) is 9.97 Å². The van der Waals surface area contributed by atoms with Crippen molar-refractivity contribution in [2.45, 2.75) is 33.6 Å². The van der Waals surface area contributed by atoms with Crippen LogP contribution in [0.5, 0.6) is 0 Å². The third-order valence-corrected chi connectivity index (χ3v) is 3.94. The molecule has 0 saturated heterocycles. The molecule has 1 N–H and O–H groups in total. The van der Waals surface area contributed by atoms with E-state index >= 15 is 0 Å². The summed E-state index contributed by atoms with van der Waals surface area (Å²) in [6.45, 7) is 7.45. The summed E-state index contributed by atoms with van der Waals surface area (Å²) in [7, 11) is 0. The zero-order valence-electron chi connectivity index (χ0n) is 12.1. The Morgan fingerprint density at radius 3 is 2.75 bits per heavy atom. The molecule has 0 aliphatic heterocycles. The van der Waals surface area contributed by atoms with Gasteiger partial charge in [-0.05, 0) is 53.5 Å². The van der Waals surface area contributed by atoms with Crippen LogP contribution >= 0.6 is 22.6 Å². The number of nitrogens with one attached hydrogen (secondary N) is 1. The van der Waals surface area contributed by atoms with Crippen LogP contribution in [0.4, 0.5) is 5.82 Å². The second-order valence-electron chi connectivity index (χ2n) is 5.16. The van der Waals surface area contributed by atoms with Crippen molar-refractivity contribution < 1.29 is 4.42 Å². The van der Waals surface area contributed by atoms with Gasteiger partial charge in [0.1, 0.15) is 5.82 Å². The van der Waals surface area contributed by atoms with E-state index in [9.17, 15) is 0 Å². The van der Waals surface area contributed by atoms with Gasteiger partial charge < -0.3 is 9.73 Å². The number of nitrogens with zero attached hydrogens (tertiary/aromatic N) is 2. The lowest BCUT2D eigenvalue weighted by Gasteiger charge is -2.13. The van der Waals surface area contributed by atoms with E-state index in [-0.39, 0.29) is 0 Å². The minimum atomic E-state index is 0.557. The fraction of sp³-hybridized carbons (Fsp3) is 0.467. The topological polar surface area (TPSA) is 51.0 Å². The highest BCUT2D eigenvalue weighted by Crippen LogP contribution is 2.26. The molecule has 2 heterocycles. The first-order valence-corrected chi connectivity index (χ1v) is 8.03. The van der Waals surface area contributed by atoms with E-state index in [2.05, 4.69) is 58.6 Å². The number of aromatic nitrogens is 2. The maximum atomic E-state index is 5.42. The number of anilines is 1. The molecule has 5 heteroatoms. The molecule has 0 atom stereocenters. The normalized spacial score (nSPS) is 11.1. The Morgan fingerprint density at radius 1 is 1.35 bits per heavy atom. The molecule has 20 heavy (non-hydrogen) atoms. The van der Waals surface area contributed by atoms with Gasteiger partial charge in [-0.25, -0.2) is 9.97 Å². The van der Waals surface area contributed by atoms with Crippen molar-refractivity contribution in [2.75, 3.05) is 11.9 Å². The minimum Gasteiger partial charge on any atom is -0.461 e. The minimum absolute atomic E-state index is 0.557. The second-order valence-corrected chi connectivity index (χ2v) is 6.24. The molecule has 0 spiro atoms. The Morgan fingerprint density at radius 2 is 2.15 bits per heavy atom. The number of halogens is 1. The van der Waals surface area contributed by atoms with Crippen LogP contribution in [0.3, 0.4) is 0 Å². The van der Waals surface area contributed by atoms with Crippen molar-refractivity contribution in [3.8, 4) is 11.6 Å². The van der Waals surface area contributed by atoms with Crippen molar-refractivity contribution in [1.29, 1.82) is 0 Å². The van der Waals surface area contributed by atoms with Gasteiger partial charge in [0.05, 0.1) is 15.5 Å². The second kappa shape index (κ2) is 7.06. The van der Waals surface area contributed by atoms with Crippen molar-refractivity contribution in [2.24, 2.45) is 5.92 Å². The molecule has 0 unspecified atom stereocenters. The van der Waals surface area contributed by atoms with Crippen LogP contribution in [0.2, 0.25) is 0 Å². The zero-order chi connectivity index (χ0) is 14.5. The maximum absolute atomic E-state index is 5.42.